The first-order valence-corrected chi connectivity index (χ1v) is 8.66. The molecule has 0 unspecified atom stereocenters. The summed E-state index contributed by atoms with van der Waals surface area (Å²) in [4.78, 5) is 41.6. The lowest BCUT2D eigenvalue weighted by molar-refractivity contribution is -0.138. The van der Waals surface area contributed by atoms with Gasteiger partial charge in [0.25, 0.3) is 5.56 Å². The van der Waals surface area contributed by atoms with Gasteiger partial charge in [0.2, 0.25) is 0 Å². The number of aromatic amines is 2. The zero-order valence-corrected chi connectivity index (χ0v) is 15.7. The Balaban J connectivity index is 2.26. The fraction of sp³-hybridized carbons (Fsp3) is 0.167. The molecular weight excluding hydrogens is 393 g/mol. The van der Waals surface area contributed by atoms with E-state index in [9.17, 15) is 14.4 Å². The molecule has 9 heteroatoms. The van der Waals surface area contributed by atoms with Crippen LogP contribution in [-0.2, 0) is 9.53 Å². The third kappa shape index (κ3) is 3.56. The van der Waals surface area contributed by atoms with Gasteiger partial charge >= 0.3 is 11.7 Å². The summed E-state index contributed by atoms with van der Waals surface area (Å²) >= 11 is 12.1. The molecule has 3 N–H and O–H groups in total. The number of carbonyl (C=O) groups excluding carboxylic acids is 1. The minimum absolute atomic E-state index is 0.0124. The number of hydrogen-bond acceptors (Lipinski definition) is 5. The van der Waals surface area contributed by atoms with Crippen LogP contribution in [0.5, 0.6) is 0 Å². The van der Waals surface area contributed by atoms with Crippen molar-refractivity contribution in [2.24, 2.45) is 0 Å². The fourth-order valence-electron chi connectivity index (χ4n) is 2.99. The van der Waals surface area contributed by atoms with Crippen LogP contribution in [0.4, 0.5) is 5.82 Å². The Hall–Kier alpha value is -2.77. The number of esters is 1. The Labute approximate surface area is 163 Å². The van der Waals surface area contributed by atoms with Crippen LogP contribution in [0, 0.1) is 0 Å². The molecule has 0 saturated carbocycles. The van der Waals surface area contributed by atoms with Gasteiger partial charge in [0.1, 0.15) is 12.4 Å². The van der Waals surface area contributed by atoms with Crippen molar-refractivity contribution in [3.8, 4) is 0 Å². The summed E-state index contributed by atoms with van der Waals surface area (Å²) in [5.74, 6) is -1.22. The maximum Gasteiger partial charge on any atom is 0.337 e. The second-order valence-electron chi connectivity index (χ2n) is 5.85. The van der Waals surface area contributed by atoms with Gasteiger partial charge in [0, 0.05) is 5.70 Å². The molecule has 0 spiro atoms. The van der Waals surface area contributed by atoms with Gasteiger partial charge in [-0.05, 0) is 24.6 Å². The molecule has 1 aliphatic rings. The first-order valence-electron chi connectivity index (χ1n) is 7.90. The number of rotatable bonds is 4. The van der Waals surface area contributed by atoms with E-state index in [1.165, 1.54) is 6.08 Å². The highest BCUT2D eigenvalue weighted by Gasteiger charge is 2.36. The number of carbonyl (C=O) groups is 1. The van der Waals surface area contributed by atoms with Gasteiger partial charge in [-0.2, -0.15) is 0 Å². The number of ether oxygens (including phenoxy) is 1. The van der Waals surface area contributed by atoms with E-state index in [0.717, 1.165) is 0 Å². The van der Waals surface area contributed by atoms with Crippen LogP contribution < -0.4 is 16.6 Å². The van der Waals surface area contributed by atoms with Gasteiger partial charge in [-0.1, -0.05) is 41.9 Å². The Bertz CT molecular complexity index is 1080. The normalized spacial score (nSPS) is 15.7. The molecule has 0 amide bonds. The molecule has 1 aromatic carbocycles. The van der Waals surface area contributed by atoms with Crippen molar-refractivity contribution in [3.05, 3.63) is 84.1 Å². The third-order valence-electron chi connectivity index (χ3n) is 4.10. The van der Waals surface area contributed by atoms with Crippen LogP contribution in [-0.4, -0.2) is 22.5 Å². The van der Waals surface area contributed by atoms with Crippen molar-refractivity contribution in [2.75, 3.05) is 11.9 Å². The molecule has 1 aromatic heterocycles. The smallest absolute Gasteiger partial charge is 0.337 e. The van der Waals surface area contributed by atoms with E-state index in [-0.39, 0.29) is 28.6 Å². The topological polar surface area (TPSA) is 104 Å². The van der Waals surface area contributed by atoms with E-state index < -0.39 is 23.1 Å². The molecule has 1 atom stereocenters. The van der Waals surface area contributed by atoms with Gasteiger partial charge < -0.3 is 10.1 Å². The Kier molecular flexibility index (Phi) is 5.25. The lowest BCUT2D eigenvalue weighted by atomic mass is 9.82. The third-order valence-corrected chi connectivity index (χ3v) is 4.84. The van der Waals surface area contributed by atoms with Gasteiger partial charge in [-0.15, -0.1) is 0 Å². The molecule has 0 saturated heterocycles. The predicted molar refractivity (Wildman–Crippen MR) is 103 cm³/mol. The average Bonchev–Trinajstić information content (AvgIpc) is 2.60. The summed E-state index contributed by atoms with van der Waals surface area (Å²) in [6, 6.07) is 4.80. The van der Waals surface area contributed by atoms with Crippen molar-refractivity contribution < 1.29 is 9.53 Å². The number of aromatic nitrogens is 2. The summed E-state index contributed by atoms with van der Waals surface area (Å²) < 4.78 is 5.19. The lowest BCUT2D eigenvalue weighted by Gasteiger charge is -2.28. The number of hydrogen-bond donors (Lipinski definition) is 3. The SMILES string of the molecule is C=CCOC(=O)C1=C(C)Nc2[nH]c(=O)[nH]c(=O)c2[C@@H]1c1ccc(Cl)c(Cl)c1. The molecule has 1 aliphatic heterocycles. The summed E-state index contributed by atoms with van der Waals surface area (Å²) in [5.41, 5.74) is 0.0939. The van der Waals surface area contributed by atoms with Crippen molar-refractivity contribution >= 4 is 35.0 Å². The largest absolute Gasteiger partial charge is 0.458 e. The first kappa shape index (κ1) is 19.0. The molecule has 140 valence electrons. The highest BCUT2D eigenvalue weighted by molar-refractivity contribution is 6.42. The molecule has 0 radical (unpaired) electrons. The van der Waals surface area contributed by atoms with Gasteiger partial charge in [-0.25, -0.2) is 9.59 Å². The molecule has 3 rings (SSSR count). The molecule has 0 aliphatic carbocycles. The van der Waals surface area contributed by atoms with Crippen LogP contribution in [0.2, 0.25) is 10.0 Å². The predicted octanol–water partition coefficient (Wildman–Crippen LogP) is 2.93. The zero-order valence-electron chi connectivity index (χ0n) is 14.2. The van der Waals surface area contributed by atoms with Crippen LogP contribution in [0.3, 0.4) is 0 Å². The zero-order chi connectivity index (χ0) is 19.7. The minimum Gasteiger partial charge on any atom is -0.458 e. The minimum atomic E-state index is -0.811. The van der Waals surface area contributed by atoms with Crippen LogP contribution in [0.25, 0.3) is 0 Å². The molecule has 27 heavy (non-hydrogen) atoms. The van der Waals surface area contributed by atoms with Gasteiger partial charge in [-0.3, -0.25) is 14.8 Å². The number of benzene rings is 1. The maximum atomic E-state index is 12.7. The number of halogens is 2. The van der Waals surface area contributed by atoms with Gasteiger partial charge in [0.05, 0.1) is 27.1 Å². The number of allylic oxidation sites excluding steroid dienone is 1. The van der Waals surface area contributed by atoms with E-state index in [1.54, 1.807) is 25.1 Å². The van der Waals surface area contributed by atoms with E-state index in [0.29, 0.717) is 16.3 Å². The van der Waals surface area contributed by atoms with Crippen LogP contribution in [0.15, 0.2) is 51.7 Å². The molecule has 0 bridgehead atoms. The fourth-order valence-corrected chi connectivity index (χ4v) is 3.30. The highest BCUT2D eigenvalue weighted by Crippen LogP contribution is 2.40. The second kappa shape index (κ2) is 7.46. The quantitative estimate of drug-likeness (QED) is 0.533. The monoisotopic (exact) mass is 407 g/mol. The summed E-state index contributed by atoms with van der Waals surface area (Å²) in [5, 5.41) is 3.50. The van der Waals surface area contributed by atoms with Crippen molar-refractivity contribution in [3.63, 3.8) is 0 Å². The number of anilines is 1. The molecular formula is C18H15Cl2N3O4. The summed E-state index contributed by atoms with van der Waals surface area (Å²) in [6.45, 7) is 5.18. The molecule has 2 aromatic rings. The average molecular weight is 408 g/mol. The molecule has 0 fully saturated rings. The van der Waals surface area contributed by atoms with Crippen LogP contribution in [0.1, 0.15) is 24.0 Å². The maximum absolute atomic E-state index is 12.7. The standard InChI is InChI=1S/C18H15Cl2N3O4/c1-3-6-27-17(25)12-8(2)21-15-14(16(24)23-18(26)22-15)13(12)9-4-5-10(19)11(20)7-9/h3-5,7,13H,1,6H2,2H3,(H3,21,22,23,24,26)/t13-/m1/s1. The number of H-pyrrole nitrogens is 2. The molecule has 2 heterocycles. The van der Waals surface area contributed by atoms with E-state index in [2.05, 4.69) is 21.9 Å². The number of nitrogens with one attached hydrogen (secondary N) is 3. The number of fused-ring (bicyclic) bond motifs is 1. The summed E-state index contributed by atoms with van der Waals surface area (Å²) in [7, 11) is 0. The second-order valence-corrected chi connectivity index (χ2v) is 6.67. The lowest BCUT2D eigenvalue weighted by Crippen LogP contribution is -2.35. The highest BCUT2D eigenvalue weighted by atomic mass is 35.5. The first-order chi connectivity index (χ1) is 12.8. The van der Waals surface area contributed by atoms with Crippen molar-refractivity contribution in [2.45, 2.75) is 12.8 Å². The molecule has 7 nitrogen and oxygen atoms in total. The Morgan fingerprint density at radius 1 is 1.26 bits per heavy atom. The van der Waals surface area contributed by atoms with Crippen LogP contribution >= 0.6 is 23.2 Å². The Morgan fingerprint density at radius 2 is 2.00 bits per heavy atom. The van der Waals surface area contributed by atoms with Crippen molar-refractivity contribution in [1.82, 2.24) is 9.97 Å². The van der Waals surface area contributed by atoms with E-state index in [1.807, 2.05) is 0 Å². The summed E-state index contributed by atoms with van der Waals surface area (Å²) in [6.07, 6.45) is 1.44. The van der Waals surface area contributed by atoms with E-state index in [4.69, 9.17) is 27.9 Å². The Morgan fingerprint density at radius 3 is 2.67 bits per heavy atom. The van der Waals surface area contributed by atoms with E-state index >= 15 is 0 Å². The van der Waals surface area contributed by atoms with Gasteiger partial charge in [0.15, 0.2) is 0 Å². The van der Waals surface area contributed by atoms with Crippen molar-refractivity contribution in [1.29, 1.82) is 0 Å².